The molecular formula is C12H12FN3O. The van der Waals surface area contributed by atoms with Crippen molar-refractivity contribution in [3.63, 3.8) is 0 Å². The third kappa shape index (κ3) is 2.21. The molecule has 1 aromatic rings. The largest absolute Gasteiger partial charge is 0.329 e. The van der Waals surface area contributed by atoms with Crippen LogP contribution in [0.25, 0.3) is 0 Å². The SMILES string of the molecule is Cc1cc(C2CN(CC#N)C(=O)N2)ccc1F. The summed E-state index contributed by atoms with van der Waals surface area (Å²) in [4.78, 5) is 12.9. The van der Waals surface area contributed by atoms with E-state index in [4.69, 9.17) is 5.26 Å². The number of urea groups is 1. The Morgan fingerprint density at radius 1 is 1.65 bits per heavy atom. The summed E-state index contributed by atoms with van der Waals surface area (Å²) in [6.07, 6.45) is 0. The van der Waals surface area contributed by atoms with Gasteiger partial charge in [0.2, 0.25) is 0 Å². The zero-order valence-corrected chi connectivity index (χ0v) is 9.40. The number of nitrogens with one attached hydrogen (secondary N) is 1. The molecule has 0 saturated carbocycles. The average molecular weight is 233 g/mol. The lowest BCUT2D eigenvalue weighted by molar-refractivity contribution is 0.222. The van der Waals surface area contributed by atoms with Crippen molar-refractivity contribution in [3.05, 3.63) is 35.1 Å². The first-order valence-corrected chi connectivity index (χ1v) is 5.30. The fourth-order valence-corrected chi connectivity index (χ4v) is 1.88. The van der Waals surface area contributed by atoms with E-state index in [2.05, 4.69) is 5.32 Å². The summed E-state index contributed by atoms with van der Waals surface area (Å²) in [5.41, 5.74) is 1.41. The van der Waals surface area contributed by atoms with E-state index >= 15 is 0 Å². The smallest absolute Gasteiger partial charge is 0.318 e. The molecule has 1 N–H and O–H groups in total. The molecule has 1 aromatic carbocycles. The van der Waals surface area contributed by atoms with Crippen LogP contribution >= 0.6 is 0 Å². The van der Waals surface area contributed by atoms with Gasteiger partial charge in [0.25, 0.3) is 0 Å². The third-order valence-corrected chi connectivity index (χ3v) is 2.83. The van der Waals surface area contributed by atoms with Gasteiger partial charge < -0.3 is 10.2 Å². The Kier molecular flexibility index (Phi) is 2.96. The Morgan fingerprint density at radius 3 is 3.06 bits per heavy atom. The van der Waals surface area contributed by atoms with Gasteiger partial charge in [0.15, 0.2) is 0 Å². The summed E-state index contributed by atoms with van der Waals surface area (Å²) in [6.45, 7) is 2.20. The van der Waals surface area contributed by atoms with Crippen LogP contribution in [0, 0.1) is 24.1 Å². The molecule has 1 atom stereocenters. The quantitative estimate of drug-likeness (QED) is 0.791. The van der Waals surface area contributed by atoms with Crippen molar-refractivity contribution in [1.82, 2.24) is 10.2 Å². The molecule has 17 heavy (non-hydrogen) atoms. The highest BCUT2D eigenvalue weighted by Crippen LogP contribution is 2.21. The molecular weight excluding hydrogens is 221 g/mol. The molecule has 1 unspecified atom stereocenters. The van der Waals surface area contributed by atoms with E-state index < -0.39 is 0 Å². The maximum absolute atomic E-state index is 13.1. The molecule has 1 saturated heterocycles. The van der Waals surface area contributed by atoms with Crippen molar-refractivity contribution >= 4 is 6.03 Å². The second-order valence-electron chi connectivity index (χ2n) is 4.05. The van der Waals surface area contributed by atoms with Gasteiger partial charge in [0, 0.05) is 6.54 Å². The van der Waals surface area contributed by atoms with Crippen LogP contribution in [-0.2, 0) is 0 Å². The van der Waals surface area contributed by atoms with Crippen LogP contribution in [0.4, 0.5) is 9.18 Å². The highest BCUT2D eigenvalue weighted by molar-refractivity contribution is 5.77. The minimum absolute atomic E-state index is 0.0719. The van der Waals surface area contributed by atoms with Gasteiger partial charge >= 0.3 is 6.03 Å². The average Bonchev–Trinajstić information content (AvgIpc) is 2.65. The monoisotopic (exact) mass is 233 g/mol. The van der Waals surface area contributed by atoms with Gasteiger partial charge in [-0.1, -0.05) is 12.1 Å². The lowest BCUT2D eigenvalue weighted by Gasteiger charge is -2.11. The lowest BCUT2D eigenvalue weighted by atomic mass is 10.0. The Hall–Kier alpha value is -2.09. The molecule has 1 aliphatic rings. The number of rotatable bonds is 2. The summed E-state index contributed by atoms with van der Waals surface area (Å²) in [5, 5.41) is 11.3. The maximum atomic E-state index is 13.1. The van der Waals surface area contributed by atoms with Crippen LogP contribution in [-0.4, -0.2) is 24.0 Å². The molecule has 5 heteroatoms. The topological polar surface area (TPSA) is 56.1 Å². The normalized spacial score (nSPS) is 19.0. The van der Waals surface area contributed by atoms with Gasteiger partial charge in [-0.3, -0.25) is 0 Å². The number of benzene rings is 1. The van der Waals surface area contributed by atoms with E-state index in [1.165, 1.54) is 11.0 Å². The molecule has 2 amide bonds. The third-order valence-electron chi connectivity index (χ3n) is 2.83. The number of carbonyl (C=O) groups excluding carboxylic acids is 1. The predicted octanol–water partition coefficient (Wildman–Crippen LogP) is 1.72. The molecule has 0 aliphatic carbocycles. The van der Waals surface area contributed by atoms with Gasteiger partial charge in [0.1, 0.15) is 12.4 Å². The van der Waals surface area contributed by atoms with Crippen LogP contribution in [0.5, 0.6) is 0 Å². The summed E-state index contributed by atoms with van der Waals surface area (Å²) < 4.78 is 13.1. The summed E-state index contributed by atoms with van der Waals surface area (Å²) in [7, 11) is 0. The van der Waals surface area contributed by atoms with E-state index in [0.717, 1.165) is 5.56 Å². The first-order valence-electron chi connectivity index (χ1n) is 5.30. The summed E-state index contributed by atoms with van der Waals surface area (Å²) in [5.74, 6) is -0.257. The van der Waals surface area contributed by atoms with Gasteiger partial charge in [-0.15, -0.1) is 0 Å². The molecule has 0 radical (unpaired) electrons. The van der Waals surface area contributed by atoms with Crippen molar-refractivity contribution in [2.45, 2.75) is 13.0 Å². The molecule has 88 valence electrons. The van der Waals surface area contributed by atoms with Crippen molar-refractivity contribution in [3.8, 4) is 6.07 Å². The number of aryl methyl sites for hydroxylation is 1. The first kappa shape index (κ1) is 11.4. The number of nitrogens with zero attached hydrogens (tertiary/aromatic N) is 2. The maximum Gasteiger partial charge on any atom is 0.318 e. The Bertz CT molecular complexity index is 495. The van der Waals surface area contributed by atoms with Crippen LogP contribution in [0.3, 0.4) is 0 Å². The standard InChI is InChI=1S/C12H12FN3O/c1-8-6-9(2-3-10(8)13)11-7-16(5-4-14)12(17)15-11/h2-3,6,11H,5,7H2,1H3,(H,15,17). The van der Waals surface area contributed by atoms with E-state index in [1.807, 2.05) is 6.07 Å². The predicted molar refractivity (Wildman–Crippen MR) is 59.6 cm³/mol. The van der Waals surface area contributed by atoms with Crippen LogP contribution < -0.4 is 5.32 Å². The van der Waals surface area contributed by atoms with Crippen LogP contribution in [0.15, 0.2) is 18.2 Å². The molecule has 0 aromatic heterocycles. The number of nitriles is 1. The molecule has 2 rings (SSSR count). The van der Waals surface area contributed by atoms with E-state index in [-0.39, 0.29) is 24.4 Å². The van der Waals surface area contributed by atoms with Crippen LogP contribution in [0.1, 0.15) is 17.2 Å². The molecule has 4 nitrogen and oxygen atoms in total. The summed E-state index contributed by atoms with van der Waals surface area (Å²) >= 11 is 0. The van der Waals surface area contributed by atoms with E-state index in [9.17, 15) is 9.18 Å². The highest BCUT2D eigenvalue weighted by Gasteiger charge is 2.29. The number of carbonyl (C=O) groups is 1. The minimum Gasteiger partial charge on any atom is -0.329 e. The minimum atomic E-state index is -0.257. The molecule has 1 fully saturated rings. The Morgan fingerprint density at radius 2 is 2.41 bits per heavy atom. The van der Waals surface area contributed by atoms with Gasteiger partial charge in [-0.25, -0.2) is 9.18 Å². The molecule has 1 heterocycles. The fourth-order valence-electron chi connectivity index (χ4n) is 1.88. The van der Waals surface area contributed by atoms with Crippen molar-refractivity contribution in [1.29, 1.82) is 5.26 Å². The number of hydrogen-bond acceptors (Lipinski definition) is 2. The number of halogens is 1. The lowest BCUT2D eigenvalue weighted by Crippen LogP contribution is -2.28. The van der Waals surface area contributed by atoms with Crippen molar-refractivity contribution < 1.29 is 9.18 Å². The van der Waals surface area contributed by atoms with Gasteiger partial charge in [-0.05, 0) is 24.1 Å². The molecule has 0 bridgehead atoms. The Balaban J connectivity index is 2.17. The zero-order valence-electron chi connectivity index (χ0n) is 9.40. The van der Waals surface area contributed by atoms with E-state index in [1.54, 1.807) is 19.1 Å². The van der Waals surface area contributed by atoms with Crippen molar-refractivity contribution in [2.24, 2.45) is 0 Å². The van der Waals surface area contributed by atoms with Crippen molar-refractivity contribution in [2.75, 3.05) is 13.1 Å². The number of hydrogen-bond donors (Lipinski definition) is 1. The van der Waals surface area contributed by atoms with Gasteiger partial charge in [0.05, 0.1) is 12.1 Å². The number of amides is 2. The summed E-state index contributed by atoms with van der Waals surface area (Å²) in [6, 6.07) is 6.28. The van der Waals surface area contributed by atoms with Gasteiger partial charge in [-0.2, -0.15) is 5.26 Å². The first-order chi connectivity index (χ1) is 8.11. The second-order valence-corrected chi connectivity index (χ2v) is 4.05. The van der Waals surface area contributed by atoms with Crippen LogP contribution in [0.2, 0.25) is 0 Å². The molecule has 0 spiro atoms. The van der Waals surface area contributed by atoms with E-state index in [0.29, 0.717) is 12.1 Å². The Labute approximate surface area is 98.6 Å². The molecule has 1 aliphatic heterocycles. The fraction of sp³-hybridized carbons (Fsp3) is 0.333. The second kappa shape index (κ2) is 4.42. The zero-order chi connectivity index (χ0) is 12.4. The highest BCUT2D eigenvalue weighted by atomic mass is 19.1.